The molecule has 0 aliphatic rings. The molecule has 0 radical (unpaired) electrons. The first kappa shape index (κ1) is 14.5. The maximum Gasteiger partial charge on any atom is 0.133 e. The lowest BCUT2D eigenvalue weighted by Crippen LogP contribution is -2.28. The van der Waals surface area contributed by atoms with E-state index in [4.69, 9.17) is 4.74 Å². The van der Waals surface area contributed by atoms with Crippen LogP contribution in [-0.4, -0.2) is 18.1 Å². The van der Waals surface area contributed by atoms with Crippen LogP contribution in [0.2, 0.25) is 0 Å². The second kappa shape index (κ2) is 6.50. The summed E-state index contributed by atoms with van der Waals surface area (Å²) in [5.41, 5.74) is 1.18. The molecule has 0 aliphatic carbocycles. The predicted molar refractivity (Wildman–Crippen MR) is 82.9 cm³/mol. The lowest BCUT2D eigenvalue weighted by Gasteiger charge is -2.20. The van der Waals surface area contributed by atoms with Crippen LogP contribution in [0, 0.1) is 0 Å². The van der Waals surface area contributed by atoms with Crippen molar-refractivity contribution in [2.24, 2.45) is 0 Å². The van der Waals surface area contributed by atoms with E-state index in [1.807, 2.05) is 17.6 Å². The smallest absolute Gasteiger partial charge is 0.133 e. The number of benzene rings is 1. The molecule has 0 saturated heterocycles. The molecule has 0 bridgehead atoms. The number of thiazole rings is 1. The van der Waals surface area contributed by atoms with Gasteiger partial charge >= 0.3 is 0 Å². The van der Waals surface area contributed by atoms with Gasteiger partial charge in [-0.05, 0) is 47.5 Å². The average Bonchev–Trinajstić information content (AvgIpc) is 2.89. The van der Waals surface area contributed by atoms with Crippen LogP contribution in [0.5, 0.6) is 5.75 Å². The number of nitrogens with zero attached hydrogens (tertiary/aromatic N) is 1. The highest BCUT2D eigenvalue weighted by molar-refractivity contribution is 9.10. The van der Waals surface area contributed by atoms with Crippen LogP contribution in [0.15, 0.2) is 34.2 Å². The van der Waals surface area contributed by atoms with Crippen LogP contribution in [-0.2, 0) is 0 Å². The Hall–Kier alpha value is -0.910. The second-order valence-electron chi connectivity index (χ2n) is 4.52. The molecule has 5 heteroatoms. The normalized spacial score (nSPS) is 12.7. The summed E-state index contributed by atoms with van der Waals surface area (Å²) in [4.78, 5) is 4.43. The third kappa shape index (κ3) is 3.55. The second-order valence-corrected chi connectivity index (χ2v) is 6.30. The molecule has 0 saturated carbocycles. The number of nitrogens with one attached hydrogen (secondary N) is 1. The molecule has 1 N–H and O–H groups in total. The Kier molecular flexibility index (Phi) is 4.96. The number of halogens is 1. The van der Waals surface area contributed by atoms with Crippen LogP contribution in [0.25, 0.3) is 0 Å². The molecule has 3 nitrogen and oxygen atoms in total. The molecular weight excluding hydrogens is 324 g/mol. The van der Waals surface area contributed by atoms with Gasteiger partial charge in [-0.25, -0.2) is 4.98 Å². The number of hydrogen-bond donors (Lipinski definition) is 1. The van der Waals surface area contributed by atoms with Gasteiger partial charge in [-0.2, -0.15) is 0 Å². The Morgan fingerprint density at radius 1 is 1.37 bits per heavy atom. The standard InChI is InChI=1S/C14H17BrN2OS/c1-9(2)17-13(14-16-6-7-19-14)10-4-5-12(18-3)11(15)8-10/h4-9,13,17H,1-3H3. The van der Waals surface area contributed by atoms with E-state index in [1.54, 1.807) is 18.4 Å². The van der Waals surface area contributed by atoms with Gasteiger partial charge < -0.3 is 10.1 Å². The molecule has 1 aromatic heterocycles. The third-order valence-electron chi connectivity index (χ3n) is 2.71. The number of hydrogen-bond acceptors (Lipinski definition) is 4. The van der Waals surface area contributed by atoms with Crippen LogP contribution in [0.4, 0.5) is 0 Å². The molecule has 2 aromatic rings. The first-order valence-corrected chi connectivity index (χ1v) is 7.78. The first-order chi connectivity index (χ1) is 9.11. The van der Waals surface area contributed by atoms with Crippen molar-refractivity contribution >= 4 is 27.3 Å². The predicted octanol–water partition coefficient (Wildman–Crippen LogP) is 4.00. The highest BCUT2D eigenvalue weighted by atomic mass is 79.9. The minimum absolute atomic E-state index is 0.113. The Labute approximate surface area is 126 Å². The van der Waals surface area contributed by atoms with Crippen LogP contribution >= 0.6 is 27.3 Å². The summed E-state index contributed by atoms with van der Waals surface area (Å²) in [7, 11) is 1.67. The molecule has 1 unspecified atom stereocenters. The molecule has 0 spiro atoms. The topological polar surface area (TPSA) is 34.1 Å². The SMILES string of the molecule is COc1ccc(C(NC(C)C)c2nccs2)cc1Br. The average molecular weight is 341 g/mol. The third-order valence-corrected chi connectivity index (χ3v) is 4.17. The number of rotatable bonds is 5. The molecule has 1 aromatic carbocycles. The zero-order valence-corrected chi connectivity index (χ0v) is 13.6. The fraction of sp³-hybridized carbons (Fsp3) is 0.357. The van der Waals surface area contributed by atoms with Gasteiger partial charge in [0.25, 0.3) is 0 Å². The van der Waals surface area contributed by atoms with Gasteiger partial charge in [-0.15, -0.1) is 11.3 Å². The maximum absolute atomic E-state index is 5.27. The maximum atomic E-state index is 5.27. The van der Waals surface area contributed by atoms with Gasteiger partial charge in [-0.1, -0.05) is 6.07 Å². The van der Waals surface area contributed by atoms with Crippen molar-refractivity contribution in [1.29, 1.82) is 0 Å². The molecule has 1 heterocycles. The van der Waals surface area contributed by atoms with E-state index in [0.717, 1.165) is 15.2 Å². The number of ether oxygens (including phenoxy) is 1. The molecule has 0 aliphatic heterocycles. The zero-order chi connectivity index (χ0) is 13.8. The van der Waals surface area contributed by atoms with E-state index in [0.29, 0.717) is 6.04 Å². The van der Waals surface area contributed by atoms with Crippen molar-refractivity contribution in [2.75, 3.05) is 7.11 Å². The van der Waals surface area contributed by atoms with E-state index in [2.05, 4.69) is 52.2 Å². The van der Waals surface area contributed by atoms with Crippen molar-refractivity contribution in [3.05, 3.63) is 44.8 Å². The minimum atomic E-state index is 0.113. The Morgan fingerprint density at radius 2 is 2.16 bits per heavy atom. The van der Waals surface area contributed by atoms with E-state index in [9.17, 15) is 0 Å². The first-order valence-electron chi connectivity index (χ1n) is 6.10. The van der Waals surface area contributed by atoms with Crippen molar-refractivity contribution < 1.29 is 4.74 Å². The summed E-state index contributed by atoms with van der Waals surface area (Å²) >= 11 is 5.20. The summed E-state index contributed by atoms with van der Waals surface area (Å²) in [5, 5.41) is 6.63. The van der Waals surface area contributed by atoms with Crippen LogP contribution in [0.3, 0.4) is 0 Å². The van der Waals surface area contributed by atoms with Gasteiger partial charge in [0.15, 0.2) is 0 Å². The van der Waals surface area contributed by atoms with E-state index in [1.165, 1.54) is 5.56 Å². The lowest BCUT2D eigenvalue weighted by atomic mass is 10.1. The molecular formula is C14H17BrN2OS. The quantitative estimate of drug-likeness (QED) is 0.893. The summed E-state index contributed by atoms with van der Waals surface area (Å²) < 4.78 is 6.23. The van der Waals surface area contributed by atoms with Crippen molar-refractivity contribution in [1.82, 2.24) is 10.3 Å². The highest BCUT2D eigenvalue weighted by Gasteiger charge is 2.18. The summed E-state index contributed by atoms with van der Waals surface area (Å²) in [5.74, 6) is 0.839. The summed E-state index contributed by atoms with van der Waals surface area (Å²) in [6.45, 7) is 4.28. The Morgan fingerprint density at radius 3 is 2.68 bits per heavy atom. The van der Waals surface area contributed by atoms with Gasteiger partial charge in [0.1, 0.15) is 10.8 Å². The molecule has 1 atom stereocenters. The van der Waals surface area contributed by atoms with Crippen molar-refractivity contribution in [2.45, 2.75) is 25.9 Å². The molecule has 19 heavy (non-hydrogen) atoms. The molecule has 0 fully saturated rings. The van der Waals surface area contributed by atoms with Gasteiger partial charge in [-0.3, -0.25) is 0 Å². The summed E-state index contributed by atoms with van der Waals surface area (Å²) in [6.07, 6.45) is 1.84. The van der Waals surface area contributed by atoms with Crippen molar-refractivity contribution in [3.8, 4) is 5.75 Å². The Bertz CT molecular complexity index is 528. The molecule has 0 amide bonds. The fourth-order valence-corrected chi connectivity index (χ4v) is 3.16. The Balaban J connectivity index is 2.35. The van der Waals surface area contributed by atoms with Gasteiger partial charge in [0, 0.05) is 17.6 Å². The van der Waals surface area contributed by atoms with E-state index in [-0.39, 0.29) is 6.04 Å². The summed E-state index contributed by atoms with van der Waals surface area (Å²) in [6, 6.07) is 6.63. The van der Waals surface area contributed by atoms with Crippen LogP contribution < -0.4 is 10.1 Å². The molecule has 102 valence electrons. The van der Waals surface area contributed by atoms with Crippen molar-refractivity contribution in [3.63, 3.8) is 0 Å². The van der Waals surface area contributed by atoms with Gasteiger partial charge in [0.05, 0.1) is 17.6 Å². The largest absolute Gasteiger partial charge is 0.496 e. The minimum Gasteiger partial charge on any atom is -0.496 e. The zero-order valence-electron chi connectivity index (χ0n) is 11.2. The monoisotopic (exact) mass is 340 g/mol. The van der Waals surface area contributed by atoms with Crippen LogP contribution in [0.1, 0.15) is 30.5 Å². The number of methoxy groups -OCH3 is 1. The number of aromatic nitrogens is 1. The highest BCUT2D eigenvalue weighted by Crippen LogP contribution is 2.31. The fourth-order valence-electron chi connectivity index (χ4n) is 1.88. The lowest BCUT2D eigenvalue weighted by molar-refractivity contribution is 0.411. The van der Waals surface area contributed by atoms with Gasteiger partial charge in [0.2, 0.25) is 0 Å². The van der Waals surface area contributed by atoms with E-state index >= 15 is 0 Å². The molecule has 2 rings (SSSR count). The van der Waals surface area contributed by atoms with E-state index < -0.39 is 0 Å².